The number of nitrogens with zero attached hydrogens (tertiary/aromatic N) is 1. The molecule has 1 N–H and O–H groups in total. The summed E-state index contributed by atoms with van der Waals surface area (Å²) in [4.78, 5) is 2.39. The summed E-state index contributed by atoms with van der Waals surface area (Å²) >= 11 is 5.74. The second kappa shape index (κ2) is 6.00. The average Bonchev–Trinajstić information content (AvgIpc) is 3.17. The molecule has 2 nitrogen and oxygen atoms in total. The fourth-order valence-corrected chi connectivity index (χ4v) is 2.28. The van der Waals surface area contributed by atoms with Crippen LogP contribution in [0.1, 0.15) is 25.3 Å². The van der Waals surface area contributed by atoms with Gasteiger partial charge >= 0.3 is 0 Å². The van der Waals surface area contributed by atoms with E-state index in [4.69, 9.17) is 11.6 Å². The Labute approximate surface area is 113 Å². The second-order valence-electron chi connectivity index (χ2n) is 5.09. The van der Waals surface area contributed by atoms with E-state index in [0.717, 1.165) is 12.6 Å². The van der Waals surface area contributed by atoms with Crippen molar-refractivity contribution in [3.05, 3.63) is 34.6 Å². The van der Waals surface area contributed by atoms with E-state index in [1.165, 1.54) is 12.8 Å². The van der Waals surface area contributed by atoms with Crippen molar-refractivity contribution < 1.29 is 4.39 Å². The Balaban J connectivity index is 1.79. The largest absolute Gasteiger partial charge is 0.311 e. The SMILES string of the molecule is CC(CNCc1cccc(Cl)c1F)N(C)C1CC1. The van der Waals surface area contributed by atoms with Gasteiger partial charge in [0, 0.05) is 30.7 Å². The molecule has 0 bridgehead atoms. The molecule has 1 fully saturated rings. The van der Waals surface area contributed by atoms with E-state index in [0.29, 0.717) is 18.2 Å². The molecule has 0 heterocycles. The topological polar surface area (TPSA) is 15.3 Å². The highest BCUT2D eigenvalue weighted by Gasteiger charge is 2.28. The first-order chi connectivity index (χ1) is 8.59. The van der Waals surface area contributed by atoms with Crippen LogP contribution in [-0.2, 0) is 6.54 Å². The Morgan fingerprint density at radius 3 is 2.89 bits per heavy atom. The maximum absolute atomic E-state index is 13.6. The van der Waals surface area contributed by atoms with Gasteiger partial charge in [-0.2, -0.15) is 0 Å². The zero-order chi connectivity index (χ0) is 13.1. The first kappa shape index (κ1) is 13.8. The molecule has 1 unspecified atom stereocenters. The molecular weight excluding hydrogens is 251 g/mol. The predicted molar refractivity (Wildman–Crippen MR) is 73.4 cm³/mol. The Morgan fingerprint density at radius 1 is 1.50 bits per heavy atom. The summed E-state index contributed by atoms with van der Waals surface area (Å²) in [5.74, 6) is -0.310. The van der Waals surface area contributed by atoms with Crippen LogP contribution in [-0.4, -0.2) is 30.6 Å². The van der Waals surface area contributed by atoms with Gasteiger partial charge in [0.25, 0.3) is 0 Å². The zero-order valence-corrected chi connectivity index (χ0v) is 11.7. The number of hydrogen-bond acceptors (Lipinski definition) is 2. The van der Waals surface area contributed by atoms with Crippen molar-refractivity contribution in [3.8, 4) is 0 Å². The lowest BCUT2D eigenvalue weighted by Gasteiger charge is -2.24. The van der Waals surface area contributed by atoms with Gasteiger partial charge in [-0.3, -0.25) is 4.90 Å². The minimum absolute atomic E-state index is 0.192. The van der Waals surface area contributed by atoms with Gasteiger partial charge in [0.05, 0.1) is 5.02 Å². The summed E-state index contributed by atoms with van der Waals surface area (Å²) in [6.07, 6.45) is 2.62. The molecular formula is C14H20ClFN2. The van der Waals surface area contributed by atoms with Crippen LogP contribution >= 0.6 is 11.6 Å². The summed E-state index contributed by atoms with van der Waals surface area (Å²) in [5.41, 5.74) is 0.628. The Morgan fingerprint density at radius 2 is 2.22 bits per heavy atom. The minimum atomic E-state index is -0.310. The molecule has 1 aromatic carbocycles. The first-order valence-electron chi connectivity index (χ1n) is 6.45. The third-order valence-corrected chi connectivity index (χ3v) is 3.90. The van der Waals surface area contributed by atoms with Crippen molar-refractivity contribution in [1.29, 1.82) is 0 Å². The smallest absolute Gasteiger partial charge is 0.146 e. The third-order valence-electron chi connectivity index (χ3n) is 3.60. The molecule has 0 radical (unpaired) electrons. The van der Waals surface area contributed by atoms with Crippen molar-refractivity contribution in [1.82, 2.24) is 10.2 Å². The molecule has 0 aromatic heterocycles. The van der Waals surface area contributed by atoms with E-state index in [1.54, 1.807) is 18.2 Å². The van der Waals surface area contributed by atoms with Crippen LogP contribution in [0.25, 0.3) is 0 Å². The lowest BCUT2D eigenvalue weighted by atomic mass is 10.2. The van der Waals surface area contributed by atoms with Gasteiger partial charge in [0.2, 0.25) is 0 Å². The van der Waals surface area contributed by atoms with E-state index in [9.17, 15) is 4.39 Å². The van der Waals surface area contributed by atoms with Crippen molar-refractivity contribution >= 4 is 11.6 Å². The van der Waals surface area contributed by atoms with Gasteiger partial charge in [0.1, 0.15) is 5.82 Å². The molecule has 18 heavy (non-hydrogen) atoms. The highest BCUT2D eigenvalue weighted by atomic mass is 35.5. The van der Waals surface area contributed by atoms with Crippen LogP contribution in [0.4, 0.5) is 4.39 Å². The Hall–Kier alpha value is -0.640. The Kier molecular flexibility index (Phi) is 4.60. The molecule has 1 atom stereocenters. The standard InChI is InChI=1S/C14H20ClFN2/c1-10(18(2)12-6-7-12)8-17-9-11-4-3-5-13(15)14(11)16/h3-5,10,12,17H,6-9H2,1-2H3. The quantitative estimate of drug-likeness (QED) is 0.855. The average molecular weight is 271 g/mol. The minimum Gasteiger partial charge on any atom is -0.311 e. The monoisotopic (exact) mass is 270 g/mol. The van der Waals surface area contributed by atoms with E-state index in [2.05, 4.69) is 24.2 Å². The van der Waals surface area contributed by atoms with Crippen LogP contribution in [0.5, 0.6) is 0 Å². The summed E-state index contributed by atoms with van der Waals surface area (Å²) in [6, 6.07) is 6.35. The van der Waals surface area contributed by atoms with E-state index >= 15 is 0 Å². The summed E-state index contributed by atoms with van der Waals surface area (Å²) in [6.45, 7) is 3.58. The Bertz CT molecular complexity index is 407. The van der Waals surface area contributed by atoms with Crippen LogP contribution < -0.4 is 5.32 Å². The van der Waals surface area contributed by atoms with Gasteiger partial charge in [-0.15, -0.1) is 0 Å². The lowest BCUT2D eigenvalue weighted by Crippen LogP contribution is -2.39. The number of likely N-dealkylation sites (N-methyl/N-ethyl adjacent to an activating group) is 1. The number of hydrogen-bond donors (Lipinski definition) is 1. The maximum atomic E-state index is 13.6. The summed E-state index contributed by atoms with van der Waals surface area (Å²) < 4.78 is 13.6. The third kappa shape index (κ3) is 3.44. The van der Waals surface area contributed by atoms with Crippen molar-refractivity contribution in [2.75, 3.05) is 13.6 Å². The van der Waals surface area contributed by atoms with Crippen molar-refractivity contribution in [2.45, 2.75) is 38.4 Å². The lowest BCUT2D eigenvalue weighted by molar-refractivity contribution is 0.241. The molecule has 1 saturated carbocycles. The normalized spacial score (nSPS) is 17.2. The van der Waals surface area contributed by atoms with Crippen molar-refractivity contribution in [3.63, 3.8) is 0 Å². The first-order valence-corrected chi connectivity index (χ1v) is 6.83. The fraction of sp³-hybridized carbons (Fsp3) is 0.571. The van der Waals surface area contributed by atoms with E-state index in [-0.39, 0.29) is 10.8 Å². The number of benzene rings is 1. The molecule has 100 valence electrons. The molecule has 0 aliphatic heterocycles. The molecule has 1 aliphatic rings. The predicted octanol–water partition coefficient (Wildman–Crippen LogP) is 3.05. The number of halogens is 2. The zero-order valence-electron chi connectivity index (χ0n) is 10.9. The van der Waals surface area contributed by atoms with Crippen LogP contribution in [0.15, 0.2) is 18.2 Å². The summed E-state index contributed by atoms with van der Waals surface area (Å²) in [5, 5.41) is 3.48. The van der Waals surface area contributed by atoms with Gasteiger partial charge < -0.3 is 5.32 Å². The second-order valence-corrected chi connectivity index (χ2v) is 5.50. The number of nitrogens with one attached hydrogen (secondary N) is 1. The van der Waals surface area contributed by atoms with E-state index in [1.807, 2.05) is 0 Å². The molecule has 1 aromatic rings. The fourth-order valence-electron chi connectivity index (χ4n) is 2.09. The molecule has 0 spiro atoms. The van der Waals surface area contributed by atoms with Gasteiger partial charge in [0.15, 0.2) is 0 Å². The van der Waals surface area contributed by atoms with E-state index < -0.39 is 0 Å². The molecule has 4 heteroatoms. The maximum Gasteiger partial charge on any atom is 0.146 e. The highest BCUT2D eigenvalue weighted by Crippen LogP contribution is 2.26. The van der Waals surface area contributed by atoms with Crippen LogP contribution in [0.3, 0.4) is 0 Å². The highest BCUT2D eigenvalue weighted by molar-refractivity contribution is 6.30. The van der Waals surface area contributed by atoms with Gasteiger partial charge in [-0.1, -0.05) is 23.7 Å². The van der Waals surface area contributed by atoms with Crippen LogP contribution in [0.2, 0.25) is 5.02 Å². The summed E-state index contributed by atoms with van der Waals surface area (Å²) in [7, 11) is 2.16. The molecule has 0 saturated heterocycles. The van der Waals surface area contributed by atoms with Crippen molar-refractivity contribution in [2.24, 2.45) is 0 Å². The number of rotatable bonds is 6. The van der Waals surface area contributed by atoms with Crippen LogP contribution in [0, 0.1) is 5.82 Å². The van der Waals surface area contributed by atoms with Gasteiger partial charge in [-0.25, -0.2) is 4.39 Å². The molecule has 1 aliphatic carbocycles. The molecule has 0 amide bonds. The van der Waals surface area contributed by atoms with Gasteiger partial charge in [-0.05, 0) is 32.9 Å². The molecule has 2 rings (SSSR count).